The smallest absolute Gasteiger partial charge is 0.261 e. The molecule has 0 radical (unpaired) electrons. The molecular weight excluding hydrogens is 508 g/mol. The third kappa shape index (κ3) is 7.19. The van der Waals surface area contributed by atoms with Gasteiger partial charge in [0.15, 0.2) is 18.1 Å². The Morgan fingerprint density at radius 1 is 0.861 bits per heavy atom. The minimum atomic E-state index is -3.85. The number of nitrogens with one attached hydrogen (secondary N) is 2. The Morgan fingerprint density at radius 3 is 2.17 bits per heavy atom. The maximum atomic E-state index is 12.7. The molecule has 192 valence electrons. The lowest BCUT2D eigenvalue weighted by Gasteiger charge is -2.11. The highest BCUT2D eigenvalue weighted by Crippen LogP contribution is 2.29. The van der Waals surface area contributed by atoms with Crippen LogP contribution in [0.15, 0.2) is 65.6 Å². The second-order valence-corrected chi connectivity index (χ2v) is 9.59. The molecule has 3 rings (SSSR count). The summed E-state index contributed by atoms with van der Waals surface area (Å²) < 4.78 is 48.8. The molecule has 2 N–H and O–H groups in total. The SMILES string of the molecule is COc1ccc(NS(=O)(=O)c2ccc(OCC(=O)NCCc3ccc(OC)c(OC)c3)cc2)cc1Cl. The first-order valence-corrected chi connectivity index (χ1v) is 12.7. The molecular formula is C25H27ClN2O7S. The number of ether oxygens (including phenoxy) is 4. The van der Waals surface area contributed by atoms with Crippen LogP contribution in [-0.4, -0.2) is 48.8 Å². The summed E-state index contributed by atoms with van der Waals surface area (Å²) >= 11 is 6.05. The molecule has 0 fully saturated rings. The average molecular weight is 535 g/mol. The van der Waals surface area contributed by atoms with Crippen molar-refractivity contribution in [3.8, 4) is 23.0 Å². The Bertz CT molecular complexity index is 1300. The van der Waals surface area contributed by atoms with Gasteiger partial charge in [-0.3, -0.25) is 9.52 Å². The van der Waals surface area contributed by atoms with Gasteiger partial charge in [-0.1, -0.05) is 17.7 Å². The number of amides is 1. The molecule has 0 aliphatic carbocycles. The van der Waals surface area contributed by atoms with E-state index in [0.717, 1.165) is 5.56 Å². The van der Waals surface area contributed by atoms with Crippen LogP contribution >= 0.6 is 11.6 Å². The van der Waals surface area contributed by atoms with Gasteiger partial charge in [-0.15, -0.1) is 0 Å². The van der Waals surface area contributed by atoms with E-state index in [-0.39, 0.29) is 22.4 Å². The Kier molecular flexibility index (Phi) is 9.26. The van der Waals surface area contributed by atoms with Crippen molar-refractivity contribution >= 4 is 33.2 Å². The first-order valence-electron chi connectivity index (χ1n) is 10.8. The highest BCUT2D eigenvalue weighted by molar-refractivity contribution is 7.92. The average Bonchev–Trinajstić information content (AvgIpc) is 2.87. The van der Waals surface area contributed by atoms with E-state index in [1.807, 2.05) is 18.2 Å². The normalized spacial score (nSPS) is 10.9. The minimum absolute atomic E-state index is 0.0289. The molecule has 0 spiro atoms. The summed E-state index contributed by atoms with van der Waals surface area (Å²) in [4.78, 5) is 12.2. The van der Waals surface area contributed by atoms with Gasteiger partial charge >= 0.3 is 0 Å². The molecule has 9 nitrogen and oxygen atoms in total. The second-order valence-electron chi connectivity index (χ2n) is 7.50. The summed E-state index contributed by atoms with van der Waals surface area (Å²) in [7, 11) is 0.759. The van der Waals surface area contributed by atoms with Gasteiger partial charge in [0, 0.05) is 6.54 Å². The molecule has 1 amide bonds. The van der Waals surface area contributed by atoms with Crippen LogP contribution in [0.1, 0.15) is 5.56 Å². The number of anilines is 1. The van der Waals surface area contributed by atoms with Crippen LogP contribution in [0, 0.1) is 0 Å². The van der Waals surface area contributed by atoms with E-state index in [1.165, 1.54) is 37.4 Å². The molecule has 3 aromatic rings. The standard InChI is InChI=1S/C25H27ClN2O7S/c1-32-22-11-5-18(15-21(22)26)28-36(30,31)20-8-6-19(7-9-20)35-16-25(29)27-13-12-17-4-10-23(33-2)24(14-17)34-3/h4-11,14-15,28H,12-13,16H2,1-3H3,(H,27,29). The van der Waals surface area contributed by atoms with Crippen molar-refractivity contribution < 1.29 is 32.2 Å². The summed E-state index contributed by atoms with van der Waals surface area (Å²) in [5, 5.41) is 3.06. The maximum absolute atomic E-state index is 12.7. The van der Waals surface area contributed by atoms with E-state index in [9.17, 15) is 13.2 Å². The molecule has 3 aromatic carbocycles. The first-order chi connectivity index (χ1) is 17.2. The number of benzene rings is 3. The minimum Gasteiger partial charge on any atom is -0.495 e. The fourth-order valence-corrected chi connectivity index (χ4v) is 4.55. The number of halogens is 1. The Balaban J connectivity index is 1.48. The van der Waals surface area contributed by atoms with Gasteiger partial charge in [0.05, 0.1) is 36.9 Å². The van der Waals surface area contributed by atoms with E-state index < -0.39 is 10.0 Å². The van der Waals surface area contributed by atoms with Crippen molar-refractivity contribution in [1.29, 1.82) is 0 Å². The van der Waals surface area contributed by atoms with E-state index in [4.69, 9.17) is 30.5 Å². The maximum Gasteiger partial charge on any atom is 0.261 e. The van der Waals surface area contributed by atoms with Crippen molar-refractivity contribution in [2.75, 3.05) is 39.2 Å². The van der Waals surface area contributed by atoms with Crippen LogP contribution in [-0.2, 0) is 21.2 Å². The lowest BCUT2D eigenvalue weighted by atomic mass is 10.1. The van der Waals surface area contributed by atoms with Crippen LogP contribution in [0.2, 0.25) is 5.02 Å². The molecule has 0 heterocycles. The summed E-state index contributed by atoms with van der Waals surface area (Å²) in [6.45, 7) is 0.205. The zero-order valence-corrected chi connectivity index (χ0v) is 21.6. The van der Waals surface area contributed by atoms with Gasteiger partial charge in [-0.25, -0.2) is 8.42 Å². The molecule has 36 heavy (non-hydrogen) atoms. The van der Waals surface area contributed by atoms with Crippen molar-refractivity contribution in [2.24, 2.45) is 0 Å². The number of sulfonamides is 1. The predicted octanol–water partition coefficient (Wildman–Crippen LogP) is 3.90. The summed E-state index contributed by atoms with van der Waals surface area (Å²) in [5.74, 6) is 1.75. The number of hydrogen-bond acceptors (Lipinski definition) is 7. The molecule has 0 aliphatic rings. The number of methoxy groups -OCH3 is 3. The van der Waals surface area contributed by atoms with E-state index in [1.54, 1.807) is 26.4 Å². The predicted molar refractivity (Wildman–Crippen MR) is 137 cm³/mol. The van der Waals surface area contributed by atoms with Gasteiger partial charge in [-0.2, -0.15) is 0 Å². The number of carbonyl (C=O) groups is 1. The van der Waals surface area contributed by atoms with Crippen LogP contribution in [0.5, 0.6) is 23.0 Å². The Hall–Kier alpha value is -3.63. The molecule has 0 atom stereocenters. The van der Waals surface area contributed by atoms with Crippen molar-refractivity contribution in [3.05, 3.63) is 71.2 Å². The zero-order valence-electron chi connectivity index (χ0n) is 20.0. The van der Waals surface area contributed by atoms with E-state index in [0.29, 0.717) is 41.7 Å². The number of rotatable bonds is 12. The summed E-state index contributed by atoms with van der Waals surface area (Å²) in [6, 6.07) is 15.9. The Morgan fingerprint density at radius 2 is 1.53 bits per heavy atom. The monoisotopic (exact) mass is 534 g/mol. The number of carbonyl (C=O) groups excluding carboxylic acids is 1. The van der Waals surface area contributed by atoms with E-state index in [2.05, 4.69) is 10.0 Å². The van der Waals surface area contributed by atoms with Crippen molar-refractivity contribution in [3.63, 3.8) is 0 Å². The molecule has 0 unspecified atom stereocenters. The second kappa shape index (κ2) is 12.4. The molecule has 0 bridgehead atoms. The third-order valence-corrected chi connectivity index (χ3v) is 6.78. The van der Waals surface area contributed by atoms with Gasteiger partial charge in [0.25, 0.3) is 15.9 Å². The Labute approximate surface area is 215 Å². The largest absolute Gasteiger partial charge is 0.495 e. The molecule has 11 heteroatoms. The summed E-state index contributed by atoms with van der Waals surface area (Å²) in [5.41, 5.74) is 1.28. The topological polar surface area (TPSA) is 112 Å². The fourth-order valence-electron chi connectivity index (χ4n) is 3.24. The van der Waals surface area contributed by atoms with Crippen molar-refractivity contribution in [1.82, 2.24) is 5.32 Å². The van der Waals surface area contributed by atoms with Gasteiger partial charge in [-0.05, 0) is 66.6 Å². The summed E-state index contributed by atoms with van der Waals surface area (Å²) in [6.07, 6.45) is 0.602. The fraction of sp³-hybridized carbons (Fsp3) is 0.240. The molecule has 0 saturated heterocycles. The lowest BCUT2D eigenvalue weighted by Crippen LogP contribution is -2.30. The molecule has 0 aromatic heterocycles. The third-order valence-electron chi connectivity index (χ3n) is 5.09. The van der Waals surface area contributed by atoms with Crippen LogP contribution in [0.4, 0.5) is 5.69 Å². The molecule has 0 aliphatic heterocycles. The highest BCUT2D eigenvalue weighted by atomic mass is 35.5. The quantitative estimate of drug-likeness (QED) is 0.362. The lowest BCUT2D eigenvalue weighted by molar-refractivity contribution is -0.123. The van der Waals surface area contributed by atoms with Gasteiger partial charge in [0.2, 0.25) is 0 Å². The van der Waals surface area contributed by atoms with Crippen LogP contribution in [0.25, 0.3) is 0 Å². The van der Waals surface area contributed by atoms with Gasteiger partial charge < -0.3 is 24.3 Å². The van der Waals surface area contributed by atoms with E-state index >= 15 is 0 Å². The van der Waals surface area contributed by atoms with Gasteiger partial charge in [0.1, 0.15) is 11.5 Å². The zero-order chi connectivity index (χ0) is 26.1. The van der Waals surface area contributed by atoms with Crippen LogP contribution in [0.3, 0.4) is 0 Å². The highest BCUT2D eigenvalue weighted by Gasteiger charge is 2.15. The van der Waals surface area contributed by atoms with Crippen molar-refractivity contribution in [2.45, 2.75) is 11.3 Å². The first kappa shape index (κ1) is 27.0. The number of hydrogen-bond donors (Lipinski definition) is 2. The molecule has 0 saturated carbocycles. The van der Waals surface area contributed by atoms with Crippen LogP contribution < -0.4 is 29.0 Å².